The topological polar surface area (TPSA) is 34.1 Å². The fraction of sp³-hybridized carbons (Fsp3) is 0.238. The van der Waals surface area contributed by atoms with E-state index < -0.39 is 0 Å². The maximum Gasteiger partial charge on any atom is 0.163 e. The Morgan fingerprint density at radius 3 is 2.08 bits per heavy atom. The molecule has 0 amide bonds. The lowest BCUT2D eigenvalue weighted by Crippen LogP contribution is -2.11. The molecule has 2 aliphatic carbocycles. The van der Waals surface area contributed by atoms with Crippen molar-refractivity contribution >= 4 is 32.5 Å². The smallest absolute Gasteiger partial charge is 0.163 e. The molecule has 2 aromatic rings. The molecule has 0 N–H and O–H groups in total. The van der Waals surface area contributed by atoms with Crippen molar-refractivity contribution in [2.75, 3.05) is 0 Å². The summed E-state index contributed by atoms with van der Waals surface area (Å²) in [6, 6.07) is 9.65. The van der Waals surface area contributed by atoms with Gasteiger partial charge >= 0.3 is 0 Å². The molecule has 0 saturated carbocycles. The zero-order valence-corrected chi connectivity index (χ0v) is 15.6. The summed E-state index contributed by atoms with van der Waals surface area (Å²) < 4.78 is 27.2. The highest BCUT2D eigenvalue weighted by molar-refractivity contribution is 9.15. The van der Waals surface area contributed by atoms with Gasteiger partial charge in [-0.15, -0.1) is 0 Å². The molecule has 0 saturated heterocycles. The third-order valence-corrected chi connectivity index (χ3v) is 5.61. The number of allylic oxidation sites excluding steroid dienone is 1. The van der Waals surface area contributed by atoms with E-state index in [2.05, 4.69) is 15.9 Å². The van der Waals surface area contributed by atoms with Crippen LogP contribution < -0.4 is 0 Å². The Bertz CT molecular complexity index is 903. The standard InChI is InChI=1S/C11H8BrFO.C10H9FO/c12-11-7(6-14)4-5-8-9(11)2-1-3-10(8)13;11-9-5-1-4-8-7(9)3-2-6-10(8)12/h1-3,6H,4-5H2;1,4-5H,2-3,6H2. The van der Waals surface area contributed by atoms with Crippen LogP contribution in [0.25, 0.3) is 4.48 Å². The van der Waals surface area contributed by atoms with Crippen LogP contribution in [0.1, 0.15) is 46.3 Å². The second-order valence-corrected chi connectivity index (χ2v) is 7.06. The Balaban J connectivity index is 0.000000152. The van der Waals surface area contributed by atoms with Crippen molar-refractivity contribution in [1.82, 2.24) is 0 Å². The zero-order valence-electron chi connectivity index (χ0n) is 14.0. The lowest BCUT2D eigenvalue weighted by Gasteiger charge is -2.17. The minimum atomic E-state index is -0.236. The quantitative estimate of drug-likeness (QED) is 0.579. The molecular formula is C21H17BrF2O2. The number of rotatable bonds is 1. The average Bonchev–Trinajstić information content (AvgIpc) is 2.64. The summed E-state index contributed by atoms with van der Waals surface area (Å²) in [7, 11) is 0. The molecule has 0 atom stereocenters. The second kappa shape index (κ2) is 8.04. The number of Topliss-reactive ketones (excluding diaryl/α,β-unsaturated/α-hetero) is 1. The van der Waals surface area contributed by atoms with Gasteiger partial charge in [0.25, 0.3) is 0 Å². The number of halogens is 3. The predicted molar refractivity (Wildman–Crippen MR) is 100 cm³/mol. The average molecular weight is 419 g/mol. The number of hydrogen-bond donors (Lipinski definition) is 0. The number of aldehydes is 1. The maximum absolute atomic E-state index is 13.3. The van der Waals surface area contributed by atoms with Gasteiger partial charge in [-0.05, 0) is 70.4 Å². The molecule has 4 rings (SSSR count). The Hall–Kier alpha value is -2.14. The highest BCUT2D eigenvalue weighted by atomic mass is 79.9. The number of ketones is 1. The minimum Gasteiger partial charge on any atom is -0.298 e. The van der Waals surface area contributed by atoms with E-state index in [9.17, 15) is 18.4 Å². The molecule has 2 nitrogen and oxygen atoms in total. The van der Waals surface area contributed by atoms with Crippen molar-refractivity contribution in [3.8, 4) is 0 Å². The summed E-state index contributed by atoms with van der Waals surface area (Å²) >= 11 is 3.33. The van der Waals surface area contributed by atoms with Crippen LogP contribution >= 0.6 is 15.9 Å². The monoisotopic (exact) mass is 418 g/mol. The van der Waals surface area contributed by atoms with E-state index in [4.69, 9.17) is 0 Å². The number of carbonyl (C=O) groups excluding carboxylic acids is 2. The molecule has 0 aromatic heterocycles. The summed E-state index contributed by atoms with van der Waals surface area (Å²) in [5, 5.41) is 0. The van der Waals surface area contributed by atoms with Gasteiger partial charge in [-0.3, -0.25) is 9.59 Å². The molecule has 0 bridgehead atoms. The Labute approximate surface area is 159 Å². The predicted octanol–water partition coefficient (Wildman–Crippen LogP) is 5.42. The molecule has 134 valence electrons. The molecule has 0 heterocycles. The van der Waals surface area contributed by atoms with Crippen LogP contribution in [-0.4, -0.2) is 12.1 Å². The van der Waals surface area contributed by atoms with Crippen LogP contribution in [0.15, 0.2) is 42.0 Å². The highest BCUT2D eigenvalue weighted by Gasteiger charge is 2.20. The summed E-state index contributed by atoms with van der Waals surface area (Å²) in [6.45, 7) is 0. The van der Waals surface area contributed by atoms with E-state index in [0.29, 0.717) is 47.9 Å². The summed E-state index contributed by atoms with van der Waals surface area (Å²) in [6.07, 6.45) is 4.10. The Morgan fingerprint density at radius 1 is 0.846 bits per heavy atom. The van der Waals surface area contributed by atoms with Crippen molar-refractivity contribution in [3.63, 3.8) is 0 Å². The van der Waals surface area contributed by atoms with E-state index in [-0.39, 0.29) is 17.4 Å². The molecule has 0 aliphatic heterocycles. The molecule has 5 heteroatoms. The van der Waals surface area contributed by atoms with Crippen LogP contribution in [0.4, 0.5) is 8.78 Å². The van der Waals surface area contributed by atoms with E-state index in [0.717, 1.165) is 22.8 Å². The van der Waals surface area contributed by atoms with E-state index >= 15 is 0 Å². The van der Waals surface area contributed by atoms with Gasteiger partial charge in [0.15, 0.2) is 5.78 Å². The van der Waals surface area contributed by atoms with Gasteiger partial charge in [0.2, 0.25) is 0 Å². The van der Waals surface area contributed by atoms with Gasteiger partial charge in [-0.25, -0.2) is 8.78 Å². The first-order chi connectivity index (χ1) is 12.5. The van der Waals surface area contributed by atoms with Gasteiger partial charge in [-0.1, -0.05) is 24.3 Å². The number of benzene rings is 2. The van der Waals surface area contributed by atoms with E-state index in [1.54, 1.807) is 18.2 Å². The van der Waals surface area contributed by atoms with Gasteiger partial charge in [0.1, 0.15) is 17.9 Å². The van der Waals surface area contributed by atoms with Crippen molar-refractivity contribution in [2.24, 2.45) is 0 Å². The summed E-state index contributed by atoms with van der Waals surface area (Å²) in [4.78, 5) is 22.0. The first-order valence-corrected chi connectivity index (χ1v) is 9.24. The first kappa shape index (κ1) is 18.6. The van der Waals surface area contributed by atoms with Crippen LogP contribution in [0.5, 0.6) is 0 Å². The van der Waals surface area contributed by atoms with E-state index in [1.807, 2.05) is 6.07 Å². The molecule has 0 radical (unpaired) electrons. The fourth-order valence-electron chi connectivity index (χ4n) is 3.31. The van der Waals surface area contributed by atoms with Crippen LogP contribution in [0, 0.1) is 11.6 Å². The van der Waals surface area contributed by atoms with Crippen LogP contribution in [0.3, 0.4) is 0 Å². The van der Waals surface area contributed by atoms with Crippen molar-refractivity contribution in [3.05, 3.63) is 75.9 Å². The SMILES string of the molecule is O=C1CCCc2c(F)cccc21.O=CC1=C(Br)c2cccc(F)c2CC1. The van der Waals surface area contributed by atoms with Gasteiger partial charge in [-0.2, -0.15) is 0 Å². The molecule has 0 fully saturated rings. The Morgan fingerprint density at radius 2 is 1.46 bits per heavy atom. The lowest BCUT2D eigenvalue weighted by atomic mass is 9.90. The first-order valence-electron chi connectivity index (χ1n) is 8.45. The maximum atomic E-state index is 13.3. The van der Waals surface area contributed by atoms with Gasteiger partial charge < -0.3 is 0 Å². The third-order valence-electron chi connectivity index (χ3n) is 4.67. The number of hydrogen-bond acceptors (Lipinski definition) is 2. The normalized spacial score (nSPS) is 15.6. The summed E-state index contributed by atoms with van der Waals surface area (Å²) in [5.74, 6) is -0.347. The van der Waals surface area contributed by atoms with Crippen molar-refractivity contribution in [1.29, 1.82) is 0 Å². The molecule has 0 unspecified atom stereocenters. The molecule has 2 aromatic carbocycles. The Kier molecular flexibility index (Phi) is 5.77. The largest absolute Gasteiger partial charge is 0.298 e. The van der Waals surface area contributed by atoms with Crippen LogP contribution in [0.2, 0.25) is 0 Å². The third kappa shape index (κ3) is 3.68. The van der Waals surface area contributed by atoms with Crippen LogP contribution in [-0.2, 0) is 17.6 Å². The molecular weight excluding hydrogens is 402 g/mol. The van der Waals surface area contributed by atoms with Crippen molar-refractivity contribution in [2.45, 2.75) is 32.1 Å². The molecule has 2 aliphatic rings. The lowest BCUT2D eigenvalue weighted by molar-refractivity contribution is -0.105. The van der Waals surface area contributed by atoms with E-state index in [1.165, 1.54) is 12.1 Å². The fourth-order valence-corrected chi connectivity index (χ4v) is 3.97. The zero-order chi connectivity index (χ0) is 18.7. The second-order valence-electron chi connectivity index (χ2n) is 6.27. The summed E-state index contributed by atoms with van der Waals surface area (Å²) in [5.41, 5.74) is 3.40. The van der Waals surface area contributed by atoms with Crippen molar-refractivity contribution < 1.29 is 18.4 Å². The number of carbonyl (C=O) groups is 2. The number of fused-ring (bicyclic) bond motifs is 2. The van der Waals surface area contributed by atoms with Gasteiger partial charge in [0.05, 0.1) is 0 Å². The van der Waals surface area contributed by atoms with Gasteiger partial charge in [0, 0.05) is 22.0 Å². The molecule has 0 spiro atoms. The minimum absolute atomic E-state index is 0.0794. The molecule has 26 heavy (non-hydrogen) atoms. The highest BCUT2D eigenvalue weighted by Crippen LogP contribution is 2.35.